The summed E-state index contributed by atoms with van der Waals surface area (Å²) in [5, 5.41) is 8.14. The Morgan fingerprint density at radius 2 is 2.27 bits per heavy atom. The molecule has 4 heteroatoms. The maximum Gasteiger partial charge on any atom is 0.368 e. The molecule has 0 aliphatic heterocycles. The second-order valence-electron chi connectivity index (χ2n) is 2.41. The lowest BCUT2D eigenvalue weighted by Crippen LogP contribution is -2.15. The third-order valence-electron chi connectivity index (χ3n) is 0.870. The minimum absolute atomic E-state index is 0.355. The third kappa shape index (κ3) is 4.68. The van der Waals surface area contributed by atoms with Crippen molar-refractivity contribution in [3.8, 4) is 6.07 Å². The first kappa shape index (κ1) is 10.3. The Bertz CT molecular complexity index is 183. The van der Waals surface area contributed by atoms with Crippen LogP contribution in [0, 0.1) is 11.3 Å². The minimum atomic E-state index is -0.688. The maximum atomic E-state index is 10.8. The van der Waals surface area contributed by atoms with Crippen LogP contribution in [0.3, 0.4) is 0 Å². The molecule has 0 aliphatic carbocycles. The van der Waals surface area contributed by atoms with E-state index in [1.807, 2.05) is 6.07 Å². The average Bonchev–Trinajstić information content (AvgIpc) is 1.87. The normalized spacial score (nSPS) is 10.4. The standard InChI is InChI=1S/C7H11NO2S/c1-4-10-6(9)11-7(2,3)5-8/h4H2,1-3H3. The molecule has 0 aliphatic rings. The summed E-state index contributed by atoms with van der Waals surface area (Å²) in [6.07, 6.45) is 0. The van der Waals surface area contributed by atoms with Crippen LogP contribution in [0.25, 0.3) is 0 Å². The molecule has 0 unspecified atom stereocenters. The van der Waals surface area contributed by atoms with Crippen LogP contribution in [0.15, 0.2) is 0 Å². The van der Waals surface area contributed by atoms with Crippen molar-refractivity contribution in [3.63, 3.8) is 0 Å². The van der Waals surface area contributed by atoms with E-state index in [2.05, 4.69) is 4.74 Å². The van der Waals surface area contributed by atoms with Gasteiger partial charge in [-0.25, -0.2) is 4.79 Å². The second-order valence-corrected chi connectivity index (χ2v) is 3.97. The van der Waals surface area contributed by atoms with Crippen molar-refractivity contribution in [1.29, 1.82) is 5.26 Å². The van der Waals surface area contributed by atoms with E-state index in [9.17, 15) is 4.79 Å². The topological polar surface area (TPSA) is 50.1 Å². The van der Waals surface area contributed by atoms with E-state index in [4.69, 9.17) is 5.26 Å². The van der Waals surface area contributed by atoms with E-state index in [0.717, 1.165) is 11.8 Å². The van der Waals surface area contributed by atoms with Crippen molar-refractivity contribution < 1.29 is 9.53 Å². The summed E-state index contributed by atoms with van der Waals surface area (Å²) in [7, 11) is 0. The van der Waals surface area contributed by atoms with Crippen LogP contribution >= 0.6 is 11.8 Å². The SMILES string of the molecule is CCOC(=O)SC(C)(C)C#N. The number of ether oxygens (including phenoxy) is 1. The maximum absolute atomic E-state index is 10.8. The molecule has 0 amide bonds. The Balaban J connectivity index is 3.86. The predicted octanol–water partition coefficient (Wildman–Crippen LogP) is 2.18. The first-order chi connectivity index (χ1) is 5.02. The third-order valence-corrected chi connectivity index (χ3v) is 1.76. The van der Waals surface area contributed by atoms with E-state index < -0.39 is 4.75 Å². The number of rotatable bonds is 2. The van der Waals surface area contributed by atoms with Crippen molar-refractivity contribution in [1.82, 2.24) is 0 Å². The highest BCUT2D eigenvalue weighted by Crippen LogP contribution is 2.24. The fourth-order valence-electron chi connectivity index (χ4n) is 0.378. The summed E-state index contributed by atoms with van der Waals surface area (Å²) in [6.45, 7) is 5.44. The van der Waals surface area contributed by atoms with Crippen molar-refractivity contribution in [2.45, 2.75) is 25.5 Å². The van der Waals surface area contributed by atoms with Gasteiger partial charge in [-0.3, -0.25) is 0 Å². The fraction of sp³-hybridized carbons (Fsp3) is 0.714. The lowest BCUT2D eigenvalue weighted by molar-refractivity contribution is 0.181. The van der Waals surface area contributed by atoms with Gasteiger partial charge < -0.3 is 4.74 Å². The number of nitriles is 1. The highest BCUT2D eigenvalue weighted by molar-refractivity contribution is 8.14. The molecule has 0 aromatic heterocycles. The summed E-state index contributed by atoms with van der Waals surface area (Å²) in [5.74, 6) is 0. The number of carbonyl (C=O) groups is 1. The Morgan fingerprint density at radius 3 is 2.64 bits per heavy atom. The molecular formula is C7H11NO2S. The smallest absolute Gasteiger partial charge is 0.368 e. The van der Waals surface area contributed by atoms with Gasteiger partial charge >= 0.3 is 5.30 Å². The summed E-state index contributed by atoms with van der Waals surface area (Å²) >= 11 is 0.904. The summed E-state index contributed by atoms with van der Waals surface area (Å²) in [4.78, 5) is 10.8. The van der Waals surface area contributed by atoms with Gasteiger partial charge in [0.05, 0.1) is 12.7 Å². The van der Waals surface area contributed by atoms with Gasteiger partial charge in [0.15, 0.2) is 0 Å². The molecule has 0 bridgehead atoms. The first-order valence-electron chi connectivity index (χ1n) is 3.29. The molecule has 0 saturated heterocycles. The molecule has 3 nitrogen and oxygen atoms in total. The Hall–Kier alpha value is -0.690. The van der Waals surface area contributed by atoms with E-state index in [1.54, 1.807) is 20.8 Å². The summed E-state index contributed by atoms with van der Waals surface area (Å²) in [5.41, 5.74) is 0. The van der Waals surface area contributed by atoms with E-state index in [-0.39, 0.29) is 5.30 Å². The van der Waals surface area contributed by atoms with Crippen LogP contribution in [-0.2, 0) is 4.74 Å². The average molecular weight is 173 g/mol. The second kappa shape index (κ2) is 4.24. The zero-order valence-electron chi connectivity index (χ0n) is 6.88. The molecule has 0 aromatic rings. The van der Waals surface area contributed by atoms with Crippen molar-refractivity contribution in [2.24, 2.45) is 0 Å². The summed E-state index contributed by atoms with van der Waals surface area (Å²) < 4.78 is 3.96. The van der Waals surface area contributed by atoms with Crippen LogP contribution in [0.4, 0.5) is 4.79 Å². The van der Waals surface area contributed by atoms with Gasteiger partial charge in [0.2, 0.25) is 0 Å². The van der Waals surface area contributed by atoms with Crippen molar-refractivity contribution in [2.75, 3.05) is 6.61 Å². The zero-order valence-corrected chi connectivity index (χ0v) is 7.70. The molecule has 0 radical (unpaired) electrons. The number of thioether (sulfide) groups is 1. The molecule has 0 aromatic carbocycles. The number of carbonyl (C=O) groups excluding carboxylic acids is 1. The zero-order chi connectivity index (χ0) is 8.91. The van der Waals surface area contributed by atoms with Crippen LogP contribution in [0.2, 0.25) is 0 Å². The molecule has 0 heterocycles. The largest absolute Gasteiger partial charge is 0.458 e. The molecule has 0 saturated carbocycles. The van der Waals surface area contributed by atoms with Crippen LogP contribution in [0.1, 0.15) is 20.8 Å². The Kier molecular flexibility index (Phi) is 3.98. The lowest BCUT2D eigenvalue weighted by Gasteiger charge is -2.11. The number of nitrogens with zero attached hydrogens (tertiary/aromatic N) is 1. The van der Waals surface area contributed by atoms with Crippen LogP contribution < -0.4 is 0 Å². The lowest BCUT2D eigenvalue weighted by atomic mass is 10.2. The van der Waals surface area contributed by atoms with Gasteiger partial charge in [0.1, 0.15) is 4.75 Å². The molecule has 0 rings (SSSR count). The van der Waals surface area contributed by atoms with E-state index in [0.29, 0.717) is 6.61 Å². The molecular weight excluding hydrogens is 162 g/mol. The highest BCUT2D eigenvalue weighted by atomic mass is 32.2. The van der Waals surface area contributed by atoms with Crippen LogP contribution in [-0.4, -0.2) is 16.7 Å². The number of hydrogen-bond acceptors (Lipinski definition) is 4. The van der Waals surface area contributed by atoms with Crippen LogP contribution in [0.5, 0.6) is 0 Å². The molecule has 62 valence electrons. The van der Waals surface area contributed by atoms with Crippen molar-refractivity contribution >= 4 is 17.1 Å². The van der Waals surface area contributed by atoms with Gasteiger partial charge in [-0.2, -0.15) is 5.26 Å². The predicted molar refractivity (Wildman–Crippen MR) is 44.3 cm³/mol. The molecule has 11 heavy (non-hydrogen) atoms. The van der Waals surface area contributed by atoms with Crippen molar-refractivity contribution in [3.05, 3.63) is 0 Å². The van der Waals surface area contributed by atoms with Gasteiger partial charge in [-0.15, -0.1) is 0 Å². The molecule has 0 fully saturated rings. The fourth-order valence-corrected chi connectivity index (χ4v) is 1.02. The van der Waals surface area contributed by atoms with Gasteiger partial charge in [-0.05, 0) is 32.5 Å². The molecule has 0 spiro atoms. The monoisotopic (exact) mass is 173 g/mol. The highest BCUT2D eigenvalue weighted by Gasteiger charge is 2.22. The Labute approximate surface area is 70.7 Å². The molecule has 0 N–H and O–H groups in total. The summed E-state index contributed by atoms with van der Waals surface area (Å²) in [6, 6.07) is 1.99. The van der Waals surface area contributed by atoms with Gasteiger partial charge in [0, 0.05) is 0 Å². The first-order valence-corrected chi connectivity index (χ1v) is 4.10. The Morgan fingerprint density at radius 1 is 1.73 bits per heavy atom. The van der Waals surface area contributed by atoms with E-state index >= 15 is 0 Å². The number of hydrogen-bond donors (Lipinski definition) is 0. The van der Waals surface area contributed by atoms with Gasteiger partial charge in [-0.1, -0.05) is 0 Å². The minimum Gasteiger partial charge on any atom is -0.458 e. The van der Waals surface area contributed by atoms with Gasteiger partial charge in [0.25, 0.3) is 0 Å². The van der Waals surface area contributed by atoms with E-state index in [1.165, 1.54) is 0 Å². The molecule has 0 atom stereocenters. The quantitative estimate of drug-likeness (QED) is 0.600.